The van der Waals surface area contributed by atoms with Gasteiger partial charge in [0.1, 0.15) is 0 Å². The highest BCUT2D eigenvalue weighted by Gasteiger charge is 2.23. The maximum atomic E-state index is 12.6. The molecule has 6 heteroatoms. The van der Waals surface area contributed by atoms with E-state index >= 15 is 0 Å². The highest BCUT2D eigenvalue weighted by molar-refractivity contribution is 6.05. The van der Waals surface area contributed by atoms with Gasteiger partial charge in [-0.25, -0.2) is 0 Å². The first-order valence-corrected chi connectivity index (χ1v) is 9.72. The van der Waals surface area contributed by atoms with Crippen molar-refractivity contribution in [3.63, 3.8) is 0 Å². The van der Waals surface area contributed by atoms with Crippen molar-refractivity contribution in [2.45, 2.75) is 38.3 Å². The molecule has 2 fully saturated rings. The van der Waals surface area contributed by atoms with E-state index in [4.69, 9.17) is 0 Å². The molecule has 6 nitrogen and oxygen atoms in total. The van der Waals surface area contributed by atoms with Crippen molar-refractivity contribution >= 4 is 16.8 Å². The van der Waals surface area contributed by atoms with Crippen LogP contribution in [0.25, 0.3) is 22.0 Å². The highest BCUT2D eigenvalue weighted by Crippen LogP contribution is 2.27. The number of pyridine rings is 1. The van der Waals surface area contributed by atoms with Crippen LogP contribution in [0.4, 0.5) is 0 Å². The molecule has 3 heterocycles. The number of nitrogens with one attached hydrogen (secondary N) is 2. The number of aromatic nitrogens is 3. The van der Waals surface area contributed by atoms with Crippen LogP contribution in [0.5, 0.6) is 0 Å². The van der Waals surface area contributed by atoms with Gasteiger partial charge < -0.3 is 5.32 Å². The monoisotopic (exact) mass is 361 g/mol. The van der Waals surface area contributed by atoms with E-state index in [1.165, 1.54) is 31.5 Å². The zero-order chi connectivity index (χ0) is 18.2. The summed E-state index contributed by atoms with van der Waals surface area (Å²) < 4.78 is 0. The summed E-state index contributed by atoms with van der Waals surface area (Å²) in [5, 5.41) is 11.2. The largest absolute Gasteiger partial charge is 0.348 e. The van der Waals surface area contributed by atoms with Crippen molar-refractivity contribution in [3.8, 4) is 11.1 Å². The van der Waals surface area contributed by atoms with Gasteiger partial charge in [-0.2, -0.15) is 5.10 Å². The number of hydrogen-bond acceptors (Lipinski definition) is 4. The van der Waals surface area contributed by atoms with Crippen molar-refractivity contribution in [3.05, 3.63) is 47.9 Å². The standard InChI is InChI=1S/C21H23N5O/c27-21(23-17-3-1-4-17)20-18-10-15(5-6-19(18)24-25-20)16-9-14(11-22-12-16)13-26-7-2-8-26/h5-6,9-12,17H,1-4,7-8,13H2,(H,23,27)(H,24,25). The summed E-state index contributed by atoms with van der Waals surface area (Å²) in [6, 6.07) is 8.58. The van der Waals surface area contributed by atoms with E-state index in [0.717, 1.165) is 41.4 Å². The average molecular weight is 361 g/mol. The molecule has 5 rings (SSSR count). The van der Waals surface area contributed by atoms with Gasteiger partial charge in [-0.05, 0) is 68.1 Å². The zero-order valence-electron chi connectivity index (χ0n) is 15.2. The molecule has 1 saturated carbocycles. The number of likely N-dealkylation sites (tertiary alicyclic amines) is 1. The molecule has 1 aromatic carbocycles. The molecule has 0 unspecified atom stereocenters. The number of hydrogen-bond donors (Lipinski definition) is 2. The molecule has 1 aliphatic heterocycles. The normalized spacial score (nSPS) is 17.5. The molecule has 0 atom stereocenters. The maximum Gasteiger partial charge on any atom is 0.272 e. The first kappa shape index (κ1) is 16.4. The minimum Gasteiger partial charge on any atom is -0.348 e. The van der Waals surface area contributed by atoms with Crippen LogP contribution in [0, 0.1) is 0 Å². The molecule has 1 aliphatic carbocycles. The lowest BCUT2D eigenvalue weighted by atomic mass is 9.93. The Morgan fingerprint density at radius 2 is 2.04 bits per heavy atom. The van der Waals surface area contributed by atoms with Crippen molar-refractivity contribution in [2.24, 2.45) is 0 Å². The summed E-state index contributed by atoms with van der Waals surface area (Å²) in [5.41, 5.74) is 4.70. The third-order valence-electron chi connectivity index (χ3n) is 5.70. The van der Waals surface area contributed by atoms with Crippen molar-refractivity contribution in [1.29, 1.82) is 0 Å². The molecule has 1 saturated heterocycles. The molecule has 3 aromatic rings. The smallest absolute Gasteiger partial charge is 0.272 e. The number of fused-ring (bicyclic) bond motifs is 1. The third-order valence-corrected chi connectivity index (χ3v) is 5.70. The molecule has 27 heavy (non-hydrogen) atoms. The number of aromatic amines is 1. The van der Waals surface area contributed by atoms with Gasteiger partial charge in [-0.15, -0.1) is 0 Å². The van der Waals surface area contributed by atoms with Crippen LogP contribution >= 0.6 is 0 Å². The number of nitrogens with zero attached hydrogens (tertiary/aromatic N) is 3. The van der Waals surface area contributed by atoms with Crippen LogP contribution in [0.3, 0.4) is 0 Å². The molecule has 2 aromatic heterocycles. The van der Waals surface area contributed by atoms with E-state index in [0.29, 0.717) is 11.7 Å². The lowest BCUT2D eigenvalue weighted by Gasteiger charge is -2.30. The summed E-state index contributed by atoms with van der Waals surface area (Å²) >= 11 is 0. The maximum absolute atomic E-state index is 12.6. The quantitative estimate of drug-likeness (QED) is 0.732. The Kier molecular flexibility index (Phi) is 4.13. The van der Waals surface area contributed by atoms with Crippen LogP contribution < -0.4 is 5.32 Å². The van der Waals surface area contributed by atoms with Crippen LogP contribution in [-0.4, -0.2) is 45.1 Å². The van der Waals surface area contributed by atoms with Crippen LogP contribution in [0.1, 0.15) is 41.7 Å². The Hall–Kier alpha value is -2.73. The van der Waals surface area contributed by atoms with Gasteiger partial charge in [0.05, 0.1) is 5.52 Å². The van der Waals surface area contributed by atoms with E-state index in [1.807, 2.05) is 24.5 Å². The second-order valence-corrected chi connectivity index (χ2v) is 7.65. The zero-order valence-corrected chi connectivity index (χ0v) is 15.2. The van der Waals surface area contributed by atoms with Gasteiger partial charge in [0.25, 0.3) is 5.91 Å². The molecule has 2 N–H and O–H groups in total. The van der Waals surface area contributed by atoms with Crippen LogP contribution in [0.15, 0.2) is 36.7 Å². The summed E-state index contributed by atoms with van der Waals surface area (Å²) in [6.07, 6.45) is 8.43. The summed E-state index contributed by atoms with van der Waals surface area (Å²) in [6.45, 7) is 3.29. The van der Waals surface area contributed by atoms with E-state index in [2.05, 4.69) is 37.5 Å². The van der Waals surface area contributed by atoms with Gasteiger partial charge in [0, 0.05) is 35.9 Å². The fourth-order valence-corrected chi connectivity index (χ4v) is 3.70. The predicted octanol–water partition coefficient (Wildman–Crippen LogP) is 3.11. The summed E-state index contributed by atoms with van der Waals surface area (Å²) in [4.78, 5) is 19.4. The average Bonchev–Trinajstić information content (AvgIpc) is 3.05. The van der Waals surface area contributed by atoms with Gasteiger partial charge in [-0.1, -0.05) is 6.07 Å². The van der Waals surface area contributed by atoms with Gasteiger partial charge >= 0.3 is 0 Å². The molecule has 0 radical (unpaired) electrons. The van der Waals surface area contributed by atoms with Gasteiger partial charge in [-0.3, -0.25) is 19.8 Å². The van der Waals surface area contributed by atoms with Crippen molar-refractivity contribution in [2.75, 3.05) is 13.1 Å². The summed E-state index contributed by atoms with van der Waals surface area (Å²) in [7, 11) is 0. The first-order valence-electron chi connectivity index (χ1n) is 9.72. The Morgan fingerprint density at radius 3 is 2.78 bits per heavy atom. The fraction of sp³-hybridized carbons (Fsp3) is 0.381. The van der Waals surface area contributed by atoms with E-state index in [9.17, 15) is 4.79 Å². The number of amides is 1. The van der Waals surface area contributed by atoms with Crippen molar-refractivity contribution in [1.82, 2.24) is 25.4 Å². The number of rotatable bonds is 5. The number of H-pyrrole nitrogens is 1. The lowest BCUT2D eigenvalue weighted by Crippen LogP contribution is -2.39. The third kappa shape index (κ3) is 3.21. The Morgan fingerprint density at radius 1 is 1.15 bits per heavy atom. The minimum atomic E-state index is -0.0900. The Balaban J connectivity index is 1.44. The topological polar surface area (TPSA) is 73.9 Å². The molecule has 0 bridgehead atoms. The van der Waals surface area contributed by atoms with E-state index in [-0.39, 0.29) is 5.91 Å². The number of carbonyl (C=O) groups excluding carboxylic acids is 1. The molecule has 138 valence electrons. The molecule has 0 spiro atoms. The van der Waals surface area contributed by atoms with Gasteiger partial charge in [0.15, 0.2) is 5.69 Å². The molecule has 2 aliphatic rings. The molecular formula is C21H23N5O. The van der Waals surface area contributed by atoms with Crippen LogP contribution in [-0.2, 0) is 6.54 Å². The van der Waals surface area contributed by atoms with Gasteiger partial charge in [0.2, 0.25) is 0 Å². The van der Waals surface area contributed by atoms with Crippen LogP contribution in [0.2, 0.25) is 0 Å². The second kappa shape index (κ2) is 6.78. The highest BCUT2D eigenvalue weighted by atomic mass is 16.2. The number of carbonyl (C=O) groups is 1. The molecule has 1 amide bonds. The SMILES string of the molecule is O=C(NC1CCC1)c1n[nH]c2ccc(-c3cncc(CN4CCC4)c3)cc12. The lowest BCUT2D eigenvalue weighted by molar-refractivity contribution is 0.0913. The Bertz CT molecular complexity index is 987. The second-order valence-electron chi connectivity index (χ2n) is 7.65. The summed E-state index contributed by atoms with van der Waals surface area (Å²) in [5.74, 6) is -0.0900. The number of benzene rings is 1. The fourth-order valence-electron chi connectivity index (χ4n) is 3.70. The first-order chi connectivity index (χ1) is 13.3. The van der Waals surface area contributed by atoms with E-state index in [1.54, 1.807) is 0 Å². The predicted molar refractivity (Wildman–Crippen MR) is 104 cm³/mol. The Labute approximate surface area is 158 Å². The minimum absolute atomic E-state index is 0.0900. The molecular weight excluding hydrogens is 338 g/mol. The van der Waals surface area contributed by atoms with Crippen molar-refractivity contribution < 1.29 is 4.79 Å². The van der Waals surface area contributed by atoms with E-state index < -0.39 is 0 Å².